The summed E-state index contributed by atoms with van der Waals surface area (Å²) in [5, 5.41) is 3.77. The van der Waals surface area contributed by atoms with Crippen LogP contribution in [0.25, 0.3) is 0 Å². The number of nitrogens with one attached hydrogen (secondary N) is 1. The molecular weight excluding hydrogens is 365 g/mol. The number of carbonyl (C=O) groups excluding carboxylic acids is 1. The molecule has 0 saturated carbocycles. The van der Waals surface area contributed by atoms with Crippen LogP contribution in [0.4, 0.5) is 0 Å². The van der Waals surface area contributed by atoms with Gasteiger partial charge in [-0.3, -0.25) is 4.79 Å². The molecule has 2 aromatic rings. The second kappa shape index (κ2) is 8.83. The number of carbonyl (C=O) groups is 1. The maximum Gasteiger partial charge on any atom is 0.224 e. The van der Waals surface area contributed by atoms with Crippen LogP contribution in [0.1, 0.15) is 11.1 Å². The molecule has 0 aliphatic rings. The van der Waals surface area contributed by atoms with E-state index in [-0.39, 0.29) is 12.3 Å². The fourth-order valence-electron chi connectivity index (χ4n) is 2.36. The number of rotatable bonds is 7. The molecule has 7 heteroatoms. The fraction of sp³-hybridized carbons (Fsp3) is 0.278. The van der Waals surface area contributed by atoms with E-state index in [9.17, 15) is 4.79 Å². The lowest BCUT2D eigenvalue weighted by molar-refractivity contribution is -0.120. The fourth-order valence-corrected chi connectivity index (χ4v) is 2.89. The molecule has 0 aliphatic carbocycles. The van der Waals surface area contributed by atoms with Gasteiger partial charge < -0.3 is 19.5 Å². The highest BCUT2D eigenvalue weighted by atomic mass is 35.5. The van der Waals surface area contributed by atoms with E-state index in [2.05, 4.69) is 5.32 Å². The molecule has 5 nitrogen and oxygen atoms in total. The van der Waals surface area contributed by atoms with Crippen molar-refractivity contribution >= 4 is 29.1 Å². The minimum Gasteiger partial charge on any atom is -0.493 e. The third-order valence-electron chi connectivity index (χ3n) is 3.61. The molecule has 0 heterocycles. The van der Waals surface area contributed by atoms with Crippen molar-refractivity contribution in [2.45, 2.75) is 13.0 Å². The molecule has 1 N–H and O–H groups in total. The van der Waals surface area contributed by atoms with Gasteiger partial charge in [0, 0.05) is 16.6 Å². The molecule has 0 spiro atoms. The van der Waals surface area contributed by atoms with Crippen molar-refractivity contribution in [1.29, 1.82) is 0 Å². The van der Waals surface area contributed by atoms with Gasteiger partial charge in [0.2, 0.25) is 11.7 Å². The Labute approximate surface area is 156 Å². The van der Waals surface area contributed by atoms with Gasteiger partial charge in [0.05, 0.1) is 27.8 Å². The van der Waals surface area contributed by atoms with Gasteiger partial charge in [-0.25, -0.2) is 0 Å². The maximum absolute atomic E-state index is 12.2. The predicted molar refractivity (Wildman–Crippen MR) is 98.1 cm³/mol. The molecule has 0 aromatic heterocycles. The molecule has 0 fully saturated rings. The normalized spacial score (nSPS) is 10.3. The van der Waals surface area contributed by atoms with Gasteiger partial charge in [-0.1, -0.05) is 29.3 Å². The lowest BCUT2D eigenvalue weighted by Crippen LogP contribution is -2.24. The summed E-state index contributed by atoms with van der Waals surface area (Å²) in [5.74, 6) is 1.37. The zero-order chi connectivity index (χ0) is 18.4. The quantitative estimate of drug-likeness (QED) is 0.787. The largest absolute Gasteiger partial charge is 0.493 e. The number of halogens is 2. The molecule has 0 bridgehead atoms. The van der Waals surface area contributed by atoms with Crippen LogP contribution in [0, 0.1) is 0 Å². The average Bonchev–Trinajstić information content (AvgIpc) is 2.62. The summed E-state index contributed by atoms with van der Waals surface area (Å²) in [6.45, 7) is 0.303. The smallest absolute Gasteiger partial charge is 0.224 e. The summed E-state index contributed by atoms with van der Waals surface area (Å²) >= 11 is 12.2. The lowest BCUT2D eigenvalue weighted by Gasteiger charge is -2.14. The van der Waals surface area contributed by atoms with E-state index < -0.39 is 0 Å². The Bertz CT molecular complexity index is 719. The molecule has 1 amide bonds. The van der Waals surface area contributed by atoms with E-state index in [1.165, 1.54) is 7.11 Å². The summed E-state index contributed by atoms with van der Waals surface area (Å²) in [6.07, 6.45) is 0.100. The van der Waals surface area contributed by atoms with E-state index in [0.717, 1.165) is 5.56 Å². The first-order valence-corrected chi connectivity index (χ1v) is 8.24. The van der Waals surface area contributed by atoms with Crippen LogP contribution in [0.5, 0.6) is 17.2 Å². The second-order valence-corrected chi connectivity index (χ2v) is 6.00. The summed E-state index contributed by atoms with van der Waals surface area (Å²) in [5.41, 5.74) is 1.42. The Morgan fingerprint density at radius 3 is 2.04 bits per heavy atom. The van der Waals surface area contributed by atoms with Gasteiger partial charge in [0.15, 0.2) is 11.5 Å². The predicted octanol–water partition coefficient (Wildman–Crippen LogP) is 3.88. The summed E-state index contributed by atoms with van der Waals surface area (Å²) < 4.78 is 15.9. The van der Waals surface area contributed by atoms with Crippen molar-refractivity contribution in [3.63, 3.8) is 0 Å². The van der Waals surface area contributed by atoms with E-state index in [4.69, 9.17) is 37.4 Å². The number of ether oxygens (including phenoxy) is 3. The van der Waals surface area contributed by atoms with Gasteiger partial charge in [-0.05, 0) is 35.4 Å². The van der Waals surface area contributed by atoms with Crippen LogP contribution in [-0.4, -0.2) is 27.2 Å². The van der Waals surface area contributed by atoms with Gasteiger partial charge in [-0.2, -0.15) is 0 Å². The highest BCUT2D eigenvalue weighted by molar-refractivity contribution is 6.36. The summed E-state index contributed by atoms with van der Waals surface area (Å²) in [4.78, 5) is 12.2. The first-order chi connectivity index (χ1) is 12.0. The van der Waals surface area contributed by atoms with Crippen molar-refractivity contribution in [1.82, 2.24) is 5.32 Å². The molecule has 0 aliphatic heterocycles. The summed E-state index contributed by atoms with van der Waals surface area (Å²) in [7, 11) is 4.62. The average molecular weight is 384 g/mol. The first kappa shape index (κ1) is 19.2. The van der Waals surface area contributed by atoms with Gasteiger partial charge in [-0.15, -0.1) is 0 Å². The number of hydrogen-bond donors (Lipinski definition) is 1. The Hall–Kier alpha value is -2.11. The Balaban J connectivity index is 2.09. The third kappa shape index (κ3) is 4.71. The Kier molecular flexibility index (Phi) is 6.79. The highest BCUT2D eigenvalue weighted by Gasteiger charge is 2.14. The molecule has 134 valence electrons. The topological polar surface area (TPSA) is 56.8 Å². The SMILES string of the molecule is COc1cc(CNC(=O)Cc2c(Cl)cccc2Cl)cc(OC)c1OC. The van der Waals surface area contributed by atoms with Crippen molar-refractivity contribution in [2.75, 3.05) is 21.3 Å². The molecule has 0 atom stereocenters. The van der Waals surface area contributed by atoms with Gasteiger partial charge >= 0.3 is 0 Å². The van der Waals surface area contributed by atoms with Crippen LogP contribution in [-0.2, 0) is 17.8 Å². The second-order valence-electron chi connectivity index (χ2n) is 5.19. The van der Waals surface area contributed by atoms with E-state index in [1.54, 1.807) is 44.6 Å². The molecule has 0 unspecified atom stereocenters. The molecule has 2 aromatic carbocycles. The van der Waals surface area contributed by atoms with E-state index in [0.29, 0.717) is 39.4 Å². The van der Waals surface area contributed by atoms with Crippen LogP contribution >= 0.6 is 23.2 Å². The van der Waals surface area contributed by atoms with Gasteiger partial charge in [0.25, 0.3) is 0 Å². The van der Waals surface area contributed by atoms with Crippen LogP contribution < -0.4 is 19.5 Å². The number of amides is 1. The zero-order valence-corrected chi connectivity index (χ0v) is 15.7. The van der Waals surface area contributed by atoms with Crippen LogP contribution in [0.15, 0.2) is 30.3 Å². The lowest BCUT2D eigenvalue weighted by atomic mass is 10.1. The highest BCUT2D eigenvalue weighted by Crippen LogP contribution is 2.38. The Morgan fingerprint density at radius 2 is 1.56 bits per heavy atom. The van der Waals surface area contributed by atoms with Crippen molar-refractivity contribution in [3.05, 3.63) is 51.5 Å². The molecule has 25 heavy (non-hydrogen) atoms. The first-order valence-electron chi connectivity index (χ1n) is 7.48. The minimum absolute atomic E-state index is 0.100. The zero-order valence-electron chi connectivity index (χ0n) is 14.2. The summed E-state index contributed by atoms with van der Waals surface area (Å²) in [6, 6.07) is 8.71. The standard InChI is InChI=1S/C18H19Cl2NO4/c1-23-15-7-11(8-16(24-2)18(15)25-3)10-21-17(22)9-12-13(19)5-4-6-14(12)20/h4-8H,9-10H2,1-3H3,(H,21,22). The number of benzene rings is 2. The molecule has 0 saturated heterocycles. The van der Waals surface area contributed by atoms with E-state index in [1.807, 2.05) is 0 Å². The molecule has 2 rings (SSSR count). The van der Waals surface area contributed by atoms with Crippen molar-refractivity contribution in [3.8, 4) is 17.2 Å². The number of methoxy groups -OCH3 is 3. The number of hydrogen-bond acceptors (Lipinski definition) is 4. The van der Waals surface area contributed by atoms with Crippen molar-refractivity contribution in [2.24, 2.45) is 0 Å². The van der Waals surface area contributed by atoms with Crippen LogP contribution in [0.3, 0.4) is 0 Å². The van der Waals surface area contributed by atoms with Gasteiger partial charge in [0.1, 0.15) is 0 Å². The third-order valence-corrected chi connectivity index (χ3v) is 4.32. The minimum atomic E-state index is -0.191. The van der Waals surface area contributed by atoms with E-state index >= 15 is 0 Å². The van der Waals surface area contributed by atoms with Crippen molar-refractivity contribution < 1.29 is 19.0 Å². The Morgan fingerprint density at radius 1 is 1.00 bits per heavy atom. The molecular formula is C18H19Cl2NO4. The maximum atomic E-state index is 12.2. The molecule has 0 radical (unpaired) electrons. The van der Waals surface area contributed by atoms with Crippen LogP contribution in [0.2, 0.25) is 10.0 Å². The monoisotopic (exact) mass is 383 g/mol.